The second-order valence-electron chi connectivity index (χ2n) is 3.75. The fourth-order valence-corrected chi connectivity index (χ4v) is 2.53. The van der Waals surface area contributed by atoms with Crippen LogP contribution in [0.4, 0.5) is 0 Å². The Kier molecular flexibility index (Phi) is 5.02. The van der Waals surface area contributed by atoms with Gasteiger partial charge in [-0.15, -0.1) is 0 Å². The smallest absolute Gasteiger partial charge is 0.225 e. The summed E-state index contributed by atoms with van der Waals surface area (Å²) in [5.41, 5.74) is 0.757. The van der Waals surface area contributed by atoms with Crippen LogP contribution in [0.3, 0.4) is 0 Å². The number of benzene rings is 1. The molecule has 19 heavy (non-hydrogen) atoms. The molecule has 0 spiro atoms. The molecule has 0 aliphatic carbocycles. The van der Waals surface area contributed by atoms with Crippen LogP contribution in [0.25, 0.3) is 0 Å². The van der Waals surface area contributed by atoms with Gasteiger partial charge in [-0.05, 0) is 24.1 Å². The van der Waals surface area contributed by atoms with E-state index in [0.29, 0.717) is 6.42 Å². The predicted molar refractivity (Wildman–Crippen MR) is 68.9 cm³/mol. The lowest BCUT2D eigenvalue weighted by atomic mass is 10.2. The number of nitriles is 1. The van der Waals surface area contributed by atoms with Crippen LogP contribution in [-0.2, 0) is 26.5 Å². The monoisotopic (exact) mass is 303 g/mol. The van der Waals surface area contributed by atoms with Crippen molar-refractivity contribution in [1.82, 2.24) is 4.72 Å². The molecule has 0 saturated heterocycles. The van der Waals surface area contributed by atoms with E-state index in [9.17, 15) is 16.8 Å². The zero-order valence-electron chi connectivity index (χ0n) is 9.90. The van der Waals surface area contributed by atoms with Crippen LogP contribution in [0, 0.1) is 11.3 Å². The van der Waals surface area contributed by atoms with Crippen molar-refractivity contribution in [3.8, 4) is 6.07 Å². The Bertz CT molecular complexity index is 672. The zero-order chi connectivity index (χ0) is 14.5. The Morgan fingerprint density at radius 1 is 1.16 bits per heavy atom. The van der Waals surface area contributed by atoms with Crippen LogP contribution < -0.4 is 9.86 Å². The fourth-order valence-electron chi connectivity index (χ4n) is 1.33. The lowest BCUT2D eigenvalue weighted by molar-refractivity contribution is 0.585. The third-order valence-corrected chi connectivity index (χ3v) is 4.32. The quantitative estimate of drug-likeness (QED) is 0.719. The molecule has 0 saturated carbocycles. The van der Waals surface area contributed by atoms with Crippen molar-refractivity contribution >= 4 is 20.0 Å². The fraction of sp³-hybridized carbons (Fsp3) is 0.300. The molecule has 3 N–H and O–H groups in total. The van der Waals surface area contributed by atoms with E-state index >= 15 is 0 Å². The van der Waals surface area contributed by atoms with Crippen molar-refractivity contribution in [1.29, 1.82) is 5.26 Å². The maximum Gasteiger partial charge on any atom is 0.238 e. The number of nitrogens with two attached hydrogens (primary N) is 1. The number of primary sulfonamides is 1. The molecule has 1 aromatic carbocycles. The zero-order valence-corrected chi connectivity index (χ0v) is 11.5. The number of nitrogens with one attached hydrogen (secondary N) is 1. The van der Waals surface area contributed by atoms with Gasteiger partial charge in [-0.2, -0.15) is 5.26 Å². The SMILES string of the molecule is N#CCS(=O)(=O)NCCc1ccc(S(N)(=O)=O)cc1. The van der Waals surface area contributed by atoms with Gasteiger partial charge in [-0.3, -0.25) is 0 Å². The van der Waals surface area contributed by atoms with E-state index in [2.05, 4.69) is 4.72 Å². The molecule has 0 atom stereocenters. The normalized spacial score (nSPS) is 12.0. The van der Waals surface area contributed by atoms with Gasteiger partial charge >= 0.3 is 0 Å². The van der Waals surface area contributed by atoms with Crippen LogP contribution in [0.5, 0.6) is 0 Å². The second kappa shape index (κ2) is 6.12. The molecule has 1 rings (SSSR count). The van der Waals surface area contributed by atoms with Crippen molar-refractivity contribution in [3.05, 3.63) is 29.8 Å². The molecule has 7 nitrogen and oxygen atoms in total. The average Bonchev–Trinajstić information content (AvgIpc) is 2.28. The van der Waals surface area contributed by atoms with E-state index in [0.717, 1.165) is 5.56 Å². The Morgan fingerprint density at radius 3 is 2.21 bits per heavy atom. The van der Waals surface area contributed by atoms with Gasteiger partial charge < -0.3 is 0 Å². The number of sulfonamides is 2. The molecule has 0 aliphatic heterocycles. The van der Waals surface area contributed by atoms with E-state index in [1.165, 1.54) is 12.1 Å². The maximum absolute atomic E-state index is 11.2. The first kappa shape index (κ1) is 15.6. The molecule has 1 aromatic rings. The number of rotatable bonds is 6. The van der Waals surface area contributed by atoms with Gasteiger partial charge in [-0.25, -0.2) is 26.7 Å². The first-order valence-corrected chi connectivity index (χ1v) is 8.40. The van der Waals surface area contributed by atoms with Gasteiger partial charge in [0.1, 0.15) is 0 Å². The highest BCUT2D eigenvalue weighted by Gasteiger charge is 2.09. The Hall–Kier alpha value is -1.47. The predicted octanol–water partition coefficient (Wildman–Crippen LogP) is -0.681. The number of nitrogens with zero attached hydrogens (tertiary/aromatic N) is 1. The van der Waals surface area contributed by atoms with E-state index < -0.39 is 25.8 Å². The van der Waals surface area contributed by atoms with Gasteiger partial charge in [-0.1, -0.05) is 12.1 Å². The Labute approximate surface area is 112 Å². The summed E-state index contributed by atoms with van der Waals surface area (Å²) >= 11 is 0. The summed E-state index contributed by atoms with van der Waals surface area (Å²) in [6, 6.07) is 7.37. The van der Waals surface area contributed by atoms with Crippen LogP contribution in [0.2, 0.25) is 0 Å². The van der Waals surface area contributed by atoms with E-state index in [1.54, 1.807) is 18.2 Å². The molecule has 0 amide bonds. The van der Waals surface area contributed by atoms with Gasteiger partial charge in [0.05, 0.1) is 11.0 Å². The van der Waals surface area contributed by atoms with Crippen molar-refractivity contribution in [2.45, 2.75) is 11.3 Å². The summed E-state index contributed by atoms with van der Waals surface area (Å²) in [6.45, 7) is 0.138. The standard InChI is InChI=1S/C10H13N3O4S2/c11-6-8-18(14,15)13-7-5-9-1-3-10(4-2-9)19(12,16)17/h1-4,13H,5,7-8H2,(H2,12,16,17). The lowest BCUT2D eigenvalue weighted by Crippen LogP contribution is -2.27. The molecule has 0 aliphatic rings. The third kappa shape index (κ3) is 5.35. The topological polar surface area (TPSA) is 130 Å². The Morgan fingerprint density at radius 2 is 1.74 bits per heavy atom. The summed E-state index contributed by atoms with van der Waals surface area (Å²) in [5, 5.41) is 13.2. The summed E-state index contributed by atoms with van der Waals surface area (Å²) in [4.78, 5) is 0.00121. The molecular weight excluding hydrogens is 290 g/mol. The van der Waals surface area contributed by atoms with Gasteiger partial charge in [0.15, 0.2) is 5.75 Å². The summed E-state index contributed by atoms with van der Waals surface area (Å²) in [7, 11) is -7.28. The molecule has 0 radical (unpaired) electrons. The van der Waals surface area contributed by atoms with Gasteiger partial charge in [0, 0.05) is 6.54 Å². The second-order valence-corrected chi connectivity index (χ2v) is 7.12. The lowest BCUT2D eigenvalue weighted by Gasteiger charge is -2.04. The molecule has 9 heteroatoms. The van der Waals surface area contributed by atoms with Crippen LogP contribution >= 0.6 is 0 Å². The van der Waals surface area contributed by atoms with Crippen LogP contribution in [-0.4, -0.2) is 29.1 Å². The molecular formula is C10H13N3O4S2. The van der Waals surface area contributed by atoms with E-state index in [1.807, 2.05) is 0 Å². The summed E-state index contributed by atoms with van der Waals surface area (Å²) in [6.07, 6.45) is 0.384. The minimum Gasteiger partial charge on any atom is -0.225 e. The minimum absolute atomic E-state index is 0.00121. The molecule has 0 bridgehead atoms. The van der Waals surface area contributed by atoms with Gasteiger partial charge in [0.2, 0.25) is 20.0 Å². The van der Waals surface area contributed by atoms with Crippen LogP contribution in [0.15, 0.2) is 29.2 Å². The molecule has 0 aromatic heterocycles. The summed E-state index contributed by atoms with van der Waals surface area (Å²) in [5.74, 6) is -0.586. The first-order chi connectivity index (χ1) is 8.74. The van der Waals surface area contributed by atoms with E-state index in [-0.39, 0.29) is 11.4 Å². The van der Waals surface area contributed by atoms with Crippen molar-refractivity contribution in [2.75, 3.05) is 12.3 Å². The molecule has 104 valence electrons. The van der Waals surface area contributed by atoms with E-state index in [4.69, 9.17) is 10.4 Å². The minimum atomic E-state index is -3.72. The molecule has 0 fully saturated rings. The Balaban J connectivity index is 2.59. The summed E-state index contributed by atoms with van der Waals surface area (Å²) < 4.78 is 46.6. The average molecular weight is 303 g/mol. The molecule has 0 unspecified atom stereocenters. The van der Waals surface area contributed by atoms with Gasteiger partial charge in [0.25, 0.3) is 0 Å². The number of hydrogen-bond donors (Lipinski definition) is 2. The van der Waals surface area contributed by atoms with Crippen molar-refractivity contribution < 1.29 is 16.8 Å². The highest BCUT2D eigenvalue weighted by atomic mass is 32.2. The van der Waals surface area contributed by atoms with Crippen molar-refractivity contribution in [3.63, 3.8) is 0 Å². The highest BCUT2D eigenvalue weighted by Crippen LogP contribution is 2.08. The molecule has 0 heterocycles. The largest absolute Gasteiger partial charge is 0.238 e. The maximum atomic E-state index is 11.2. The van der Waals surface area contributed by atoms with Crippen molar-refractivity contribution in [2.24, 2.45) is 5.14 Å². The first-order valence-electron chi connectivity index (χ1n) is 5.20. The number of hydrogen-bond acceptors (Lipinski definition) is 5. The third-order valence-electron chi connectivity index (χ3n) is 2.24. The highest BCUT2D eigenvalue weighted by molar-refractivity contribution is 7.89. The van der Waals surface area contributed by atoms with Crippen LogP contribution in [0.1, 0.15) is 5.56 Å².